The maximum absolute atomic E-state index is 9.46. The fourth-order valence-corrected chi connectivity index (χ4v) is 2.37. The van der Waals surface area contributed by atoms with Crippen molar-refractivity contribution in [1.29, 1.82) is 0 Å². The number of thiol groups is 1. The Morgan fingerprint density at radius 2 is 1.92 bits per heavy atom. The van der Waals surface area contributed by atoms with Gasteiger partial charge in [0.2, 0.25) is 0 Å². The van der Waals surface area contributed by atoms with Gasteiger partial charge in [-0.05, 0) is 12.3 Å². The molecular weight excluding hydrogens is 182 g/mol. The molecule has 1 rings (SSSR count). The van der Waals surface area contributed by atoms with Gasteiger partial charge in [0.05, 0.1) is 6.10 Å². The summed E-state index contributed by atoms with van der Waals surface area (Å²) in [6.45, 7) is 0. The molecule has 0 heterocycles. The molecule has 0 amide bonds. The lowest BCUT2D eigenvalue weighted by Gasteiger charge is -2.26. The lowest BCUT2D eigenvalue weighted by atomic mass is 9.84. The van der Waals surface area contributed by atoms with E-state index < -0.39 is 6.10 Å². The first-order chi connectivity index (χ1) is 6.24. The fourth-order valence-electron chi connectivity index (χ4n) is 2.10. The van der Waals surface area contributed by atoms with Gasteiger partial charge in [-0.1, -0.05) is 32.1 Å². The van der Waals surface area contributed by atoms with Crippen LogP contribution in [0.3, 0.4) is 0 Å². The van der Waals surface area contributed by atoms with E-state index in [-0.39, 0.29) is 6.04 Å². The summed E-state index contributed by atoms with van der Waals surface area (Å²) in [6.07, 6.45) is 7.20. The zero-order valence-corrected chi connectivity index (χ0v) is 9.05. The summed E-state index contributed by atoms with van der Waals surface area (Å²) in [7, 11) is 0. The third kappa shape index (κ3) is 3.88. The van der Waals surface area contributed by atoms with Gasteiger partial charge >= 0.3 is 0 Å². The summed E-state index contributed by atoms with van der Waals surface area (Å²) in [5, 5.41) is 9.46. The van der Waals surface area contributed by atoms with Crippen molar-refractivity contribution >= 4 is 12.6 Å². The van der Waals surface area contributed by atoms with Crippen molar-refractivity contribution < 1.29 is 5.11 Å². The lowest BCUT2D eigenvalue weighted by molar-refractivity contribution is 0.147. The molecule has 3 N–H and O–H groups in total. The molecule has 0 saturated heterocycles. The van der Waals surface area contributed by atoms with Crippen molar-refractivity contribution in [3.05, 3.63) is 0 Å². The Bertz CT molecular complexity index is 137. The van der Waals surface area contributed by atoms with Gasteiger partial charge in [0.25, 0.3) is 0 Å². The van der Waals surface area contributed by atoms with Crippen molar-refractivity contribution in [2.45, 2.75) is 50.7 Å². The number of hydrogen-bond acceptors (Lipinski definition) is 3. The van der Waals surface area contributed by atoms with E-state index in [9.17, 15) is 5.11 Å². The van der Waals surface area contributed by atoms with E-state index in [1.807, 2.05) is 0 Å². The Morgan fingerprint density at radius 1 is 1.31 bits per heavy atom. The second kappa shape index (κ2) is 5.89. The molecule has 1 fully saturated rings. The van der Waals surface area contributed by atoms with Crippen LogP contribution in [0.15, 0.2) is 0 Å². The molecule has 0 radical (unpaired) electrons. The highest BCUT2D eigenvalue weighted by Crippen LogP contribution is 2.27. The first kappa shape index (κ1) is 11.3. The van der Waals surface area contributed by atoms with Gasteiger partial charge in [-0.3, -0.25) is 0 Å². The molecule has 0 aromatic rings. The number of hydrogen-bond donors (Lipinski definition) is 3. The Morgan fingerprint density at radius 3 is 2.46 bits per heavy atom. The number of rotatable bonds is 4. The monoisotopic (exact) mass is 203 g/mol. The van der Waals surface area contributed by atoms with E-state index in [4.69, 9.17) is 5.73 Å². The molecule has 78 valence electrons. The first-order valence-electron chi connectivity index (χ1n) is 5.28. The molecular formula is C10H21NOS. The Kier molecular flexibility index (Phi) is 5.14. The molecule has 0 spiro atoms. The molecule has 0 aromatic heterocycles. The smallest absolute Gasteiger partial charge is 0.0778 e. The van der Waals surface area contributed by atoms with Gasteiger partial charge < -0.3 is 10.8 Å². The molecule has 1 saturated carbocycles. The van der Waals surface area contributed by atoms with Crippen LogP contribution in [0.4, 0.5) is 0 Å². The van der Waals surface area contributed by atoms with Gasteiger partial charge in [0, 0.05) is 11.8 Å². The van der Waals surface area contributed by atoms with Gasteiger partial charge in [0.1, 0.15) is 0 Å². The third-order valence-corrected chi connectivity index (χ3v) is 3.39. The predicted octanol–water partition coefficient (Wildman–Crippen LogP) is 1.57. The maximum atomic E-state index is 9.46. The highest BCUT2D eigenvalue weighted by Gasteiger charge is 2.20. The average Bonchev–Trinajstić information content (AvgIpc) is 2.18. The van der Waals surface area contributed by atoms with E-state index in [1.165, 1.54) is 32.1 Å². The van der Waals surface area contributed by atoms with Gasteiger partial charge in [0.15, 0.2) is 0 Å². The zero-order chi connectivity index (χ0) is 9.68. The molecule has 2 unspecified atom stereocenters. The Balaban J connectivity index is 2.21. The Labute approximate surface area is 86.3 Å². The number of aliphatic hydroxyl groups is 1. The van der Waals surface area contributed by atoms with E-state index in [0.29, 0.717) is 5.75 Å². The molecule has 0 aliphatic heterocycles. The largest absolute Gasteiger partial charge is 0.391 e. The number of aliphatic hydroxyl groups excluding tert-OH is 1. The van der Waals surface area contributed by atoms with E-state index >= 15 is 0 Å². The SMILES string of the molecule is NC(CC1CCCCC1)C(O)CS. The molecule has 1 aliphatic carbocycles. The van der Waals surface area contributed by atoms with Crippen molar-refractivity contribution in [1.82, 2.24) is 0 Å². The molecule has 0 aromatic carbocycles. The second-order valence-electron chi connectivity index (χ2n) is 4.15. The molecule has 0 bridgehead atoms. The van der Waals surface area contributed by atoms with Crippen LogP contribution in [0.1, 0.15) is 38.5 Å². The molecule has 3 heteroatoms. The van der Waals surface area contributed by atoms with E-state index in [0.717, 1.165) is 12.3 Å². The predicted molar refractivity (Wildman–Crippen MR) is 59.0 cm³/mol. The van der Waals surface area contributed by atoms with Gasteiger partial charge in [-0.2, -0.15) is 12.6 Å². The van der Waals surface area contributed by atoms with Crippen LogP contribution in [-0.2, 0) is 0 Å². The Hall–Kier alpha value is 0.270. The topological polar surface area (TPSA) is 46.2 Å². The maximum Gasteiger partial charge on any atom is 0.0778 e. The van der Waals surface area contributed by atoms with Crippen LogP contribution < -0.4 is 5.73 Å². The van der Waals surface area contributed by atoms with Crippen molar-refractivity contribution in [3.8, 4) is 0 Å². The third-order valence-electron chi connectivity index (χ3n) is 3.01. The van der Waals surface area contributed by atoms with Crippen LogP contribution in [0.2, 0.25) is 0 Å². The zero-order valence-electron chi connectivity index (χ0n) is 8.15. The van der Waals surface area contributed by atoms with Gasteiger partial charge in [-0.25, -0.2) is 0 Å². The minimum absolute atomic E-state index is 0.0689. The van der Waals surface area contributed by atoms with E-state index in [1.54, 1.807) is 0 Å². The fraction of sp³-hybridized carbons (Fsp3) is 1.00. The van der Waals surface area contributed by atoms with Crippen LogP contribution in [0.5, 0.6) is 0 Å². The molecule has 13 heavy (non-hydrogen) atoms. The van der Waals surface area contributed by atoms with Crippen LogP contribution in [0, 0.1) is 5.92 Å². The normalized spacial score (nSPS) is 24.2. The standard InChI is InChI=1S/C10H21NOS/c11-9(10(12)7-13)6-8-4-2-1-3-5-8/h8-10,12-13H,1-7,11H2. The minimum atomic E-state index is -0.426. The van der Waals surface area contributed by atoms with Crippen molar-refractivity contribution in [2.75, 3.05) is 5.75 Å². The summed E-state index contributed by atoms with van der Waals surface area (Å²) in [4.78, 5) is 0. The quantitative estimate of drug-likeness (QED) is 0.607. The summed E-state index contributed by atoms with van der Waals surface area (Å²) in [5.41, 5.74) is 5.86. The van der Waals surface area contributed by atoms with Gasteiger partial charge in [-0.15, -0.1) is 0 Å². The summed E-state index contributed by atoms with van der Waals surface area (Å²) < 4.78 is 0. The highest BCUT2D eigenvalue weighted by molar-refractivity contribution is 7.80. The minimum Gasteiger partial charge on any atom is -0.391 e. The van der Waals surface area contributed by atoms with Crippen molar-refractivity contribution in [2.24, 2.45) is 11.7 Å². The van der Waals surface area contributed by atoms with Crippen LogP contribution in [0.25, 0.3) is 0 Å². The highest BCUT2D eigenvalue weighted by atomic mass is 32.1. The van der Waals surface area contributed by atoms with Crippen LogP contribution >= 0.6 is 12.6 Å². The molecule has 2 nitrogen and oxygen atoms in total. The lowest BCUT2D eigenvalue weighted by Crippen LogP contribution is -2.37. The van der Waals surface area contributed by atoms with E-state index in [2.05, 4.69) is 12.6 Å². The first-order valence-corrected chi connectivity index (χ1v) is 5.91. The number of nitrogens with two attached hydrogens (primary N) is 1. The average molecular weight is 203 g/mol. The molecule has 2 atom stereocenters. The van der Waals surface area contributed by atoms with Crippen LogP contribution in [-0.4, -0.2) is 23.0 Å². The second-order valence-corrected chi connectivity index (χ2v) is 4.52. The molecule has 1 aliphatic rings. The summed E-state index contributed by atoms with van der Waals surface area (Å²) in [5.74, 6) is 1.23. The summed E-state index contributed by atoms with van der Waals surface area (Å²) >= 11 is 4.04. The summed E-state index contributed by atoms with van der Waals surface area (Å²) in [6, 6.07) is -0.0689. The van der Waals surface area contributed by atoms with Crippen molar-refractivity contribution in [3.63, 3.8) is 0 Å².